The van der Waals surface area contributed by atoms with Crippen LogP contribution in [-0.4, -0.2) is 43.5 Å². The quantitative estimate of drug-likeness (QED) is 0.0521. The van der Waals surface area contributed by atoms with Crippen LogP contribution in [-0.2, 0) is 9.47 Å². The molecule has 0 aromatic carbocycles. The Morgan fingerprint density at radius 2 is 0.939 bits per heavy atom. The minimum Gasteiger partial charge on any atom is -0.347 e. The van der Waals surface area contributed by atoms with Crippen LogP contribution < -0.4 is 0 Å². The highest BCUT2D eigenvalue weighted by atomic mass is 16.7. The molecule has 2 heterocycles. The van der Waals surface area contributed by atoms with E-state index in [-0.39, 0.29) is 5.79 Å². The molecular weight excluding hydrogens is 599 g/mol. The van der Waals surface area contributed by atoms with Crippen molar-refractivity contribution >= 4 is 0 Å². The van der Waals surface area contributed by atoms with Gasteiger partial charge < -0.3 is 14.4 Å². The highest BCUT2D eigenvalue weighted by molar-refractivity contribution is 4.93. The molecule has 0 spiro atoms. The Hall–Kier alpha value is -1.16. The van der Waals surface area contributed by atoms with Crippen LogP contribution in [0.15, 0.2) is 48.6 Å². The Morgan fingerprint density at radius 1 is 0.531 bits per heavy atom. The van der Waals surface area contributed by atoms with Gasteiger partial charge in [-0.15, -0.1) is 0 Å². The van der Waals surface area contributed by atoms with Gasteiger partial charge in [0.25, 0.3) is 0 Å². The molecule has 0 N–H and O–H groups in total. The summed E-state index contributed by atoms with van der Waals surface area (Å²) in [5.41, 5.74) is 0. The van der Waals surface area contributed by atoms with Gasteiger partial charge in [0, 0.05) is 12.8 Å². The van der Waals surface area contributed by atoms with Crippen molar-refractivity contribution in [1.29, 1.82) is 0 Å². The van der Waals surface area contributed by atoms with Crippen molar-refractivity contribution < 1.29 is 9.47 Å². The summed E-state index contributed by atoms with van der Waals surface area (Å²) in [7, 11) is 2.26. The second kappa shape index (κ2) is 31.6. The van der Waals surface area contributed by atoms with Gasteiger partial charge in [-0.1, -0.05) is 140 Å². The lowest BCUT2D eigenvalue weighted by atomic mass is 9.91. The van der Waals surface area contributed by atoms with E-state index in [2.05, 4.69) is 74.4 Å². The summed E-state index contributed by atoms with van der Waals surface area (Å²) >= 11 is 0. The number of allylic oxidation sites excluding steroid dienone is 8. The van der Waals surface area contributed by atoms with Crippen LogP contribution in [0.4, 0.5) is 0 Å². The van der Waals surface area contributed by atoms with Gasteiger partial charge >= 0.3 is 0 Å². The first-order valence-corrected chi connectivity index (χ1v) is 21.8. The molecule has 0 amide bonds. The van der Waals surface area contributed by atoms with Crippen LogP contribution in [0.5, 0.6) is 0 Å². The molecule has 0 bridgehead atoms. The van der Waals surface area contributed by atoms with Crippen molar-refractivity contribution in [2.75, 3.05) is 26.7 Å². The minimum atomic E-state index is -0.305. The number of piperidine rings is 1. The number of ether oxygens (including phenoxy) is 2. The van der Waals surface area contributed by atoms with Crippen LogP contribution in [0.25, 0.3) is 0 Å². The van der Waals surface area contributed by atoms with Crippen molar-refractivity contribution in [3.05, 3.63) is 48.6 Å². The first kappa shape index (κ1) is 44.0. The summed E-state index contributed by atoms with van der Waals surface area (Å²) in [5.74, 6) is 0.505. The highest BCUT2D eigenvalue weighted by Crippen LogP contribution is 2.37. The summed E-state index contributed by atoms with van der Waals surface area (Å²) in [6, 6.07) is 0. The van der Waals surface area contributed by atoms with Gasteiger partial charge in [0.1, 0.15) is 0 Å². The first-order valence-electron chi connectivity index (χ1n) is 21.8. The SMILES string of the molecule is CCCCC/C=C\C/C=C\CCCCCCCCC1(CCCCCCCC/C=C\C/C=C\CCCCC)OCC(CC2CCN(C)CC2)O1. The Kier molecular flexibility index (Phi) is 28.3. The van der Waals surface area contributed by atoms with Crippen molar-refractivity contribution in [1.82, 2.24) is 4.90 Å². The maximum atomic E-state index is 6.87. The molecule has 2 aliphatic rings. The van der Waals surface area contributed by atoms with Gasteiger partial charge in [-0.05, 0) is 122 Å². The van der Waals surface area contributed by atoms with Crippen molar-refractivity contribution in [3.8, 4) is 0 Å². The van der Waals surface area contributed by atoms with E-state index < -0.39 is 0 Å². The van der Waals surface area contributed by atoms with Gasteiger partial charge in [0.2, 0.25) is 0 Å². The average molecular weight is 682 g/mol. The predicted octanol–water partition coefficient (Wildman–Crippen LogP) is 14.2. The largest absolute Gasteiger partial charge is 0.347 e. The molecule has 0 saturated carbocycles. The molecular formula is C46H83NO2. The van der Waals surface area contributed by atoms with Gasteiger partial charge in [-0.3, -0.25) is 0 Å². The van der Waals surface area contributed by atoms with Crippen LogP contribution in [0.1, 0.15) is 200 Å². The lowest BCUT2D eigenvalue weighted by Gasteiger charge is -2.31. The smallest absolute Gasteiger partial charge is 0.168 e. The van der Waals surface area contributed by atoms with Gasteiger partial charge in [0.15, 0.2) is 5.79 Å². The van der Waals surface area contributed by atoms with Crippen molar-refractivity contribution in [2.45, 2.75) is 212 Å². The summed E-state index contributed by atoms with van der Waals surface area (Å²) in [4.78, 5) is 2.48. The minimum absolute atomic E-state index is 0.305. The first-order chi connectivity index (χ1) is 24.2. The predicted molar refractivity (Wildman–Crippen MR) is 216 cm³/mol. The average Bonchev–Trinajstić information content (AvgIpc) is 3.51. The fourth-order valence-corrected chi connectivity index (χ4v) is 7.55. The molecule has 0 radical (unpaired) electrons. The van der Waals surface area contributed by atoms with E-state index in [0.29, 0.717) is 6.10 Å². The van der Waals surface area contributed by atoms with Gasteiger partial charge in [-0.25, -0.2) is 0 Å². The third-order valence-corrected chi connectivity index (χ3v) is 10.9. The van der Waals surface area contributed by atoms with Gasteiger partial charge in [0.05, 0.1) is 12.7 Å². The molecule has 0 aromatic heterocycles. The van der Waals surface area contributed by atoms with Crippen molar-refractivity contribution in [2.24, 2.45) is 5.92 Å². The van der Waals surface area contributed by atoms with E-state index in [4.69, 9.17) is 9.47 Å². The third-order valence-electron chi connectivity index (χ3n) is 10.9. The van der Waals surface area contributed by atoms with Gasteiger partial charge in [-0.2, -0.15) is 0 Å². The number of rotatable bonds is 32. The molecule has 2 aliphatic heterocycles. The lowest BCUT2D eigenvalue weighted by Crippen LogP contribution is -2.33. The third kappa shape index (κ3) is 24.6. The number of unbranched alkanes of at least 4 members (excludes halogenated alkanes) is 18. The van der Waals surface area contributed by atoms with E-state index in [1.807, 2.05) is 0 Å². The molecule has 0 aliphatic carbocycles. The number of hydrogen-bond donors (Lipinski definition) is 0. The second-order valence-electron chi connectivity index (χ2n) is 15.6. The zero-order valence-corrected chi connectivity index (χ0v) is 33.2. The van der Waals surface area contributed by atoms with Crippen LogP contribution in [0.3, 0.4) is 0 Å². The monoisotopic (exact) mass is 682 g/mol. The van der Waals surface area contributed by atoms with Crippen molar-refractivity contribution in [3.63, 3.8) is 0 Å². The van der Waals surface area contributed by atoms with E-state index in [1.54, 1.807) is 0 Å². The fourth-order valence-electron chi connectivity index (χ4n) is 7.55. The summed E-state index contributed by atoms with van der Waals surface area (Å²) in [5, 5.41) is 0. The van der Waals surface area contributed by atoms with E-state index in [1.165, 1.54) is 174 Å². The molecule has 49 heavy (non-hydrogen) atoms. The molecule has 2 saturated heterocycles. The highest BCUT2D eigenvalue weighted by Gasteiger charge is 2.41. The Balaban J connectivity index is 1.58. The molecule has 1 atom stereocenters. The van der Waals surface area contributed by atoms with Crippen LogP contribution in [0.2, 0.25) is 0 Å². The zero-order valence-electron chi connectivity index (χ0n) is 33.2. The fraction of sp³-hybridized carbons (Fsp3) is 0.826. The molecule has 3 heteroatoms. The molecule has 2 fully saturated rings. The number of likely N-dealkylation sites (tertiary alicyclic amines) is 1. The number of nitrogens with zero attached hydrogens (tertiary/aromatic N) is 1. The van der Waals surface area contributed by atoms with Crippen LogP contribution in [0, 0.1) is 5.92 Å². The molecule has 1 unspecified atom stereocenters. The number of hydrogen-bond acceptors (Lipinski definition) is 3. The zero-order chi connectivity index (χ0) is 34.9. The van der Waals surface area contributed by atoms with E-state index in [0.717, 1.165) is 38.2 Å². The standard InChI is InChI=1S/C46H83NO2/c1-4-6-8-10-12-14-16-18-20-22-24-26-28-30-32-34-38-46(48-43-45(49-46)42-44-36-40-47(3)41-37-44)39-35-33-31-29-27-25-23-21-19-17-15-13-11-9-7-5-2/h12-15,18-21,44-45H,4-11,16-17,22-43H2,1-3H3/b14-12-,15-13-,20-18-,21-19-. The maximum absolute atomic E-state index is 6.87. The normalized spacial score (nSPS) is 19.2. The van der Waals surface area contributed by atoms with E-state index in [9.17, 15) is 0 Å². The maximum Gasteiger partial charge on any atom is 0.168 e. The Labute approximate surface area is 306 Å². The summed E-state index contributed by atoms with van der Waals surface area (Å²) in [6.45, 7) is 7.84. The molecule has 2 rings (SSSR count). The van der Waals surface area contributed by atoms with Crippen LogP contribution >= 0.6 is 0 Å². The second-order valence-corrected chi connectivity index (χ2v) is 15.6. The summed E-state index contributed by atoms with van der Waals surface area (Å²) < 4.78 is 13.5. The molecule has 3 nitrogen and oxygen atoms in total. The summed E-state index contributed by atoms with van der Waals surface area (Å²) in [6.07, 6.45) is 56.4. The Bertz CT molecular complexity index is 788. The molecule has 0 aromatic rings. The van der Waals surface area contributed by atoms with E-state index >= 15 is 0 Å². The lowest BCUT2D eigenvalue weighted by molar-refractivity contribution is -0.181. The molecule has 284 valence electrons. The topological polar surface area (TPSA) is 21.7 Å². The Morgan fingerprint density at radius 3 is 1.39 bits per heavy atom.